The smallest absolute Gasteiger partial charge is 0.236 e. The molecule has 0 aromatic carbocycles. The molecule has 2 heterocycles. The van der Waals surface area contributed by atoms with Crippen molar-refractivity contribution in [3.63, 3.8) is 0 Å². The standard InChI is InChI=1S/C17H26N2OS/c1-2-13-5-3-4-6-15(13)18-11-17(20)19-9-7-16-14(12-19)8-10-21-16/h8,10,13,15,18H,2-7,9,11-12H2,1H3. The number of carbonyl (C=O) groups excluding carboxylic acids is 1. The Balaban J connectivity index is 1.50. The van der Waals surface area contributed by atoms with Gasteiger partial charge in [0, 0.05) is 24.0 Å². The van der Waals surface area contributed by atoms with Gasteiger partial charge in [0.2, 0.25) is 5.91 Å². The van der Waals surface area contributed by atoms with E-state index in [1.165, 1.54) is 42.5 Å². The van der Waals surface area contributed by atoms with Gasteiger partial charge >= 0.3 is 0 Å². The molecule has 0 saturated heterocycles. The van der Waals surface area contributed by atoms with Crippen LogP contribution >= 0.6 is 11.3 Å². The van der Waals surface area contributed by atoms with Crippen molar-refractivity contribution in [1.29, 1.82) is 0 Å². The fourth-order valence-electron chi connectivity index (χ4n) is 3.76. The highest BCUT2D eigenvalue weighted by molar-refractivity contribution is 7.10. The summed E-state index contributed by atoms with van der Waals surface area (Å²) in [5, 5.41) is 5.69. The van der Waals surface area contributed by atoms with Gasteiger partial charge in [0.05, 0.1) is 6.54 Å². The molecule has 0 bridgehead atoms. The molecule has 1 aromatic rings. The lowest BCUT2D eigenvalue weighted by molar-refractivity contribution is -0.131. The fraction of sp³-hybridized carbons (Fsp3) is 0.706. The van der Waals surface area contributed by atoms with E-state index in [2.05, 4.69) is 23.7 Å². The maximum absolute atomic E-state index is 12.4. The third-order valence-corrected chi connectivity index (χ3v) is 6.13. The van der Waals surface area contributed by atoms with Crippen LogP contribution in [0, 0.1) is 5.92 Å². The molecule has 3 rings (SSSR count). The zero-order valence-corrected chi connectivity index (χ0v) is 13.8. The average molecular weight is 306 g/mol. The quantitative estimate of drug-likeness (QED) is 0.926. The van der Waals surface area contributed by atoms with Crippen LogP contribution in [0.2, 0.25) is 0 Å². The van der Waals surface area contributed by atoms with Gasteiger partial charge in [0.15, 0.2) is 0 Å². The van der Waals surface area contributed by atoms with Crippen molar-refractivity contribution in [1.82, 2.24) is 10.2 Å². The Hall–Kier alpha value is -0.870. The second-order valence-corrected chi connectivity index (χ2v) is 7.38. The molecule has 0 spiro atoms. The molecule has 3 nitrogen and oxygen atoms in total. The molecule has 1 N–H and O–H groups in total. The van der Waals surface area contributed by atoms with Crippen LogP contribution in [-0.2, 0) is 17.8 Å². The molecular weight excluding hydrogens is 280 g/mol. The van der Waals surface area contributed by atoms with Crippen LogP contribution in [0.4, 0.5) is 0 Å². The van der Waals surface area contributed by atoms with E-state index in [9.17, 15) is 4.79 Å². The molecule has 4 heteroatoms. The minimum atomic E-state index is 0.271. The summed E-state index contributed by atoms with van der Waals surface area (Å²) in [6.45, 7) is 4.48. The molecule has 1 amide bonds. The molecular formula is C17H26N2OS. The first kappa shape index (κ1) is 15.0. The maximum Gasteiger partial charge on any atom is 0.236 e. The fourth-order valence-corrected chi connectivity index (χ4v) is 4.65. The molecule has 0 radical (unpaired) electrons. The van der Waals surface area contributed by atoms with E-state index in [0.29, 0.717) is 12.6 Å². The van der Waals surface area contributed by atoms with Crippen molar-refractivity contribution < 1.29 is 4.79 Å². The monoisotopic (exact) mass is 306 g/mol. The summed E-state index contributed by atoms with van der Waals surface area (Å²) in [5.41, 5.74) is 1.35. The lowest BCUT2D eigenvalue weighted by atomic mass is 9.83. The first-order valence-electron chi connectivity index (χ1n) is 8.34. The lowest BCUT2D eigenvalue weighted by Gasteiger charge is -2.33. The SMILES string of the molecule is CCC1CCCCC1NCC(=O)N1CCc2sccc2C1. The number of hydrogen-bond donors (Lipinski definition) is 1. The molecule has 1 aliphatic heterocycles. The molecule has 1 aromatic heterocycles. The van der Waals surface area contributed by atoms with Gasteiger partial charge < -0.3 is 10.2 Å². The van der Waals surface area contributed by atoms with Crippen LogP contribution < -0.4 is 5.32 Å². The summed E-state index contributed by atoms with van der Waals surface area (Å²) in [6.07, 6.45) is 7.49. The second-order valence-electron chi connectivity index (χ2n) is 6.37. The molecule has 1 fully saturated rings. The highest BCUT2D eigenvalue weighted by Gasteiger charge is 2.26. The highest BCUT2D eigenvalue weighted by Crippen LogP contribution is 2.27. The number of carbonyl (C=O) groups is 1. The maximum atomic E-state index is 12.4. The third kappa shape index (κ3) is 3.49. The number of amides is 1. The van der Waals surface area contributed by atoms with Gasteiger partial charge in [-0.3, -0.25) is 4.79 Å². The Kier molecular flexibility index (Phi) is 4.96. The first-order chi connectivity index (χ1) is 10.3. The van der Waals surface area contributed by atoms with Crippen molar-refractivity contribution in [2.75, 3.05) is 13.1 Å². The minimum absolute atomic E-state index is 0.271. The first-order valence-corrected chi connectivity index (χ1v) is 9.22. The predicted octanol–water partition coefficient (Wildman–Crippen LogP) is 3.19. The predicted molar refractivity (Wildman–Crippen MR) is 87.5 cm³/mol. The van der Waals surface area contributed by atoms with Gasteiger partial charge in [0.1, 0.15) is 0 Å². The molecule has 2 unspecified atom stereocenters. The van der Waals surface area contributed by atoms with Crippen LogP contribution in [0.1, 0.15) is 49.5 Å². The number of thiophene rings is 1. The summed E-state index contributed by atoms with van der Waals surface area (Å²) in [5.74, 6) is 1.03. The number of nitrogens with one attached hydrogen (secondary N) is 1. The number of nitrogens with zero attached hydrogens (tertiary/aromatic N) is 1. The summed E-state index contributed by atoms with van der Waals surface area (Å²) in [6, 6.07) is 2.72. The van der Waals surface area contributed by atoms with Crippen LogP contribution in [0.5, 0.6) is 0 Å². The average Bonchev–Trinajstić information content (AvgIpc) is 3.00. The number of fused-ring (bicyclic) bond motifs is 1. The summed E-state index contributed by atoms with van der Waals surface area (Å²) in [7, 11) is 0. The lowest BCUT2D eigenvalue weighted by Crippen LogP contribution is -2.46. The Morgan fingerprint density at radius 3 is 3.14 bits per heavy atom. The molecule has 2 atom stereocenters. The summed E-state index contributed by atoms with van der Waals surface area (Å²) < 4.78 is 0. The van der Waals surface area contributed by atoms with Gasteiger partial charge in [-0.05, 0) is 42.2 Å². The second kappa shape index (κ2) is 6.93. The molecule has 21 heavy (non-hydrogen) atoms. The van der Waals surface area contributed by atoms with Gasteiger partial charge in [-0.2, -0.15) is 0 Å². The zero-order chi connectivity index (χ0) is 14.7. The van der Waals surface area contributed by atoms with E-state index in [0.717, 1.165) is 25.4 Å². The van der Waals surface area contributed by atoms with E-state index >= 15 is 0 Å². The van der Waals surface area contributed by atoms with Crippen molar-refractivity contribution in [3.05, 3.63) is 21.9 Å². The topological polar surface area (TPSA) is 32.3 Å². The van der Waals surface area contributed by atoms with Crippen molar-refractivity contribution in [2.45, 2.75) is 58.0 Å². The molecule has 116 valence electrons. The van der Waals surface area contributed by atoms with Crippen molar-refractivity contribution in [3.8, 4) is 0 Å². The van der Waals surface area contributed by atoms with Gasteiger partial charge in [0.25, 0.3) is 0 Å². The van der Waals surface area contributed by atoms with Gasteiger partial charge in [-0.1, -0.05) is 26.2 Å². The van der Waals surface area contributed by atoms with Gasteiger partial charge in [-0.15, -0.1) is 11.3 Å². The molecule has 2 aliphatic rings. The number of hydrogen-bond acceptors (Lipinski definition) is 3. The van der Waals surface area contributed by atoms with E-state index in [-0.39, 0.29) is 5.91 Å². The molecule has 1 aliphatic carbocycles. The molecule has 1 saturated carbocycles. The third-order valence-electron chi connectivity index (χ3n) is 5.11. The summed E-state index contributed by atoms with van der Waals surface area (Å²) in [4.78, 5) is 15.9. The highest BCUT2D eigenvalue weighted by atomic mass is 32.1. The Morgan fingerprint density at radius 1 is 1.43 bits per heavy atom. The van der Waals surface area contributed by atoms with E-state index in [1.54, 1.807) is 0 Å². The van der Waals surface area contributed by atoms with Crippen LogP contribution in [0.3, 0.4) is 0 Å². The number of rotatable bonds is 4. The van der Waals surface area contributed by atoms with Crippen LogP contribution in [0.15, 0.2) is 11.4 Å². The Labute approximate surface area is 131 Å². The Morgan fingerprint density at radius 2 is 2.29 bits per heavy atom. The minimum Gasteiger partial charge on any atom is -0.337 e. The van der Waals surface area contributed by atoms with E-state index in [1.807, 2.05) is 16.2 Å². The van der Waals surface area contributed by atoms with Crippen molar-refractivity contribution in [2.24, 2.45) is 5.92 Å². The largest absolute Gasteiger partial charge is 0.337 e. The zero-order valence-electron chi connectivity index (χ0n) is 12.9. The normalized spacial score (nSPS) is 25.7. The summed E-state index contributed by atoms with van der Waals surface area (Å²) >= 11 is 1.82. The van der Waals surface area contributed by atoms with Crippen molar-refractivity contribution >= 4 is 17.2 Å². The van der Waals surface area contributed by atoms with E-state index in [4.69, 9.17) is 0 Å². The van der Waals surface area contributed by atoms with Crippen LogP contribution in [0.25, 0.3) is 0 Å². The van der Waals surface area contributed by atoms with Gasteiger partial charge in [-0.25, -0.2) is 0 Å². The van der Waals surface area contributed by atoms with E-state index < -0.39 is 0 Å². The Bertz CT molecular complexity index is 485. The van der Waals surface area contributed by atoms with Crippen LogP contribution in [-0.4, -0.2) is 29.9 Å².